The first-order valence-corrected chi connectivity index (χ1v) is 8.08. The van der Waals surface area contributed by atoms with Crippen molar-refractivity contribution in [2.75, 3.05) is 30.0 Å². The van der Waals surface area contributed by atoms with Gasteiger partial charge < -0.3 is 15.8 Å². The van der Waals surface area contributed by atoms with E-state index in [0.29, 0.717) is 24.8 Å². The summed E-state index contributed by atoms with van der Waals surface area (Å²) in [4.78, 5) is 11.7. The smallest absolute Gasteiger partial charge is 0.234 e. The predicted molar refractivity (Wildman–Crippen MR) is 86.4 cm³/mol. The minimum Gasteiger partial charge on any atom is -0.492 e. The zero-order valence-corrected chi connectivity index (χ0v) is 13.0. The molecule has 5 heteroatoms. The minimum atomic E-state index is 0.0365. The molecule has 0 heterocycles. The highest BCUT2D eigenvalue weighted by atomic mass is 32.2. The van der Waals surface area contributed by atoms with Crippen molar-refractivity contribution in [1.82, 2.24) is 0 Å². The molecule has 0 fully saturated rings. The molecule has 1 aromatic rings. The van der Waals surface area contributed by atoms with Gasteiger partial charge in [-0.1, -0.05) is 13.8 Å². The van der Waals surface area contributed by atoms with Gasteiger partial charge in [-0.25, -0.2) is 0 Å². The molecule has 4 nitrogen and oxygen atoms in total. The Kier molecular flexibility index (Phi) is 8.14. The number of anilines is 1. The van der Waals surface area contributed by atoms with Crippen molar-refractivity contribution >= 4 is 23.4 Å². The molecular formula is C15H24N2O2S. The van der Waals surface area contributed by atoms with Gasteiger partial charge in [0.25, 0.3) is 0 Å². The number of ether oxygens (including phenoxy) is 1. The maximum absolute atomic E-state index is 11.7. The van der Waals surface area contributed by atoms with Crippen molar-refractivity contribution in [2.45, 2.75) is 20.3 Å². The largest absolute Gasteiger partial charge is 0.492 e. The Morgan fingerprint density at radius 1 is 1.35 bits per heavy atom. The summed E-state index contributed by atoms with van der Waals surface area (Å²) < 4.78 is 5.38. The number of nitrogens with one attached hydrogen (secondary N) is 1. The topological polar surface area (TPSA) is 64.3 Å². The van der Waals surface area contributed by atoms with Gasteiger partial charge in [0.1, 0.15) is 12.4 Å². The van der Waals surface area contributed by atoms with Crippen LogP contribution in [0.5, 0.6) is 5.75 Å². The third kappa shape index (κ3) is 7.40. The van der Waals surface area contributed by atoms with Crippen LogP contribution in [0.15, 0.2) is 24.3 Å². The second-order valence-electron chi connectivity index (χ2n) is 4.94. The number of rotatable bonds is 9. The molecule has 0 saturated carbocycles. The molecule has 1 amide bonds. The standard InChI is InChI=1S/C15H24N2O2S/c1-12(2)7-10-20-11-15(18)17-13-3-5-14(6-4-13)19-9-8-16/h3-6,12H,7-11,16H2,1-2H3,(H,17,18). The number of nitrogens with two attached hydrogens (primary N) is 1. The molecule has 0 aliphatic rings. The van der Waals surface area contributed by atoms with Crippen LogP contribution in [0.4, 0.5) is 5.69 Å². The molecule has 0 atom stereocenters. The summed E-state index contributed by atoms with van der Waals surface area (Å²) >= 11 is 1.67. The van der Waals surface area contributed by atoms with Gasteiger partial charge >= 0.3 is 0 Å². The van der Waals surface area contributed by atoms with E-state index in [-0.39, 0.29) is 5.91 Å². The minimum absolute atomic E-state index is 0.0365. The van der Waals surface area contributed by atoms with Crippen molar-refractivity contribution in [3.63, 3.8) is 0 Å². The molecule has 3 N–H and O–H groups in total. The SMILES string of the molecule is CC(C)CCSCC(=O)Nc1ccc(OCCN)cc1. The van der Waals surface area contributed by atoms with Gasteiger partial charge in [0.05, 0.1) is 5.75 Å². The van der Waals surface area contributed by atoms with Gasteiger partial charge in [-0.3, -0.25) is 4.79 Å². The molecule has 1 rings (SSSR count). The van der Waals surface area contributed by atoms with E-state index in [1.165, 1.54) is 0 Å². The van der Waals surface area contributed by atoms with Gasteiger partial charge in [0, 0.05) is 12.2 Å². The Balaban J connectivity index is 2.27. The molecule has 0 aromatic heterocycles. The molecule has 0 aliphatic heterocycles. The van der Waals surface area contributed by atoms with E-state index in [4.69, 9.17) is 10.5 Å². The Labute approximate surface area is 125 Å². The lowest BCUT2D eigenvalue weighted by Gasteiger charge is -2.08. The Morgan fingerprint density at radius 2 is 2.05 bits per heavy atom. The van der Waals surface area contributed by atoms with Crippen molar-refractivity contribution in [1.29, 1.82) is 0 Å². The highest BCUT2D eigenvalue weighted by Crippen LogP contribution is 2.16. The molecule has 0 saturated heterocycles. The fourth-order valence-electron chi connectivity index (χ4n) is 1.49. The van der Waals surface area contributed by atoms with Crippen LogP contribution >= 0.6 is 11.8 Å². The molecule has 112 valence electrons. The number of amides is 1. The number of hydrogen-bond acceptors (Lipinski definition) is 4. The summed E-state index contributed by atoms with van der Waals surface area (Å²) in [6.45, 7) is 5.37. The first-order chi connectivity index (χ1) is 9.61. The second-order valence-corrected chi connectivity index (χ2v) is 6.05. The summed E-state index contributed by atoms with van der Waals surface area (Å²) in [5.74, 6) is 3.01. The number of carbonyl (C=O) groups is 1. The number of thioether (sulfide) groups is 1. The fourth-order valence-corrected chi connectivity index (χ4v) is 2.53. The molecular weight excluding hydrogens is 272 g/mol. The third-order valence-electron chi connectivity index (χ3n) is 2.60. The molecule has 1 aromatic carbocycles. The van der Waals surface area contributed by atoms with Crippen molar-refractivity contribution in [2.24, 2.45) is 11.7 Å². The van der Waals surface area contributed by atoms with Crippen molar-refractivity contribution < 1.29 is 9.53 Å². The van der Waals surface area contributed by atoms with Crippen molar-refractivity contribution in [3.8, 4) is 5.75 Å². The van der Waals surface area contributed by atoms with Crippen LogP contribution in [0.3, 0.4) is 0 Å². The zero-order chi connectivity index (χ0) is 14.8. The fraction of sp³-hybridized carbons (Fsp3) is 0.533. The maximum atomic E-state index is 11.7. The normalized spacial score (nSPS) is 10.6. The van der Waals surface area contributed by atoms with Crippen LogP contribution in [0.2, 0.25) is 0 Å². The third-order valence-corrected chi connectivity index (χ3v) is 3.59. The van der Waals surface area contributed by atoms with Crippen LogP contribution in [0.1, 0.15) is 20.3 Å². The molecule has 0 radical (unpaired) electrons. The average molecular weight is 296 g/mol. The average Bonchev–Trinajstić information content (AvgIpc) is 2.43. The second kappa shape index (κ2) is 9.66. The number of benzene rings is 1. The van der Waals surface area contributed by atoms with Gasteiger partial charge in [0.2, 0.25) is 5.91 Å². The Morgan fingerprint density at radius 3 is 2.65 bits per heavy atom. The van der Waals surface area contributed by atoms with E-state index in [1.54, 1.807) is 11.8 Å². The van der Waals surface area contributed by atoms with Crippen LogP contribution in [0, 0.1) is 5.92 Å². The van der Waals surface area contributed by atoms with E-state index < -0.39 is 0 Å². The summed E-state index contributed by atoms with van der Waals surface area (Å²) in [7, 11) is 0. The van der Waals surface area contributed by atoms with Gasteiger partial charge in [-0.05, 0) is 42.4 Å². The lowest BCUT2D eigenvalue weighted by Crippen LogP contribution is -2.14. The Bertz CT molecular complexity index is 393. The maximum Gasteiger partial charge on any atom is 0.234 e. The van der Waals surface area contributed by atoms with E-state index in [0.717, 1.165) is 23.6 Å². The van der Waals surface area contributed by atoms with Gasteiger partial charge in [-0.2, -0.15) is 11.8 Å². The molecule has 20 heavy (non-hydrogen) atoms. The van der Waals surface area contributed by atoms with Crippen LogP contribution in [-0.4, -0.2) is 30.6 Å². The number of carbonyl (C=O) groups excluding carboxylic acids is 1. The van der Waals surface area contributed by atoms with Gasteiger partial charge in [0.15, 0.2) is 0 Å². The van der Waals surface area contributed by atoms with Gasteiger partial charge in [-0.15, -0.1) is 0 Å². The highest BCUT2D eigenvalue weighted by Gasteiger charge is 2.03. The first kappa shape index (κ1) is 16.9. The first-order valence-electron chi connectivity index (χ1n) is 6.92. The van der Waals surface area contributed by atoms with Crippen LogP contribution in [0.25, 0.3) is 0 Å². The zero-order valence-electron chi connectivity index (χ0n) is 12.2. The number of hydrogen-bond donors (Lipinski definition) is 2. The summed E-state index contributed by atoms with van der Waals surface area (Å²) in [6.07, 6.45) is 1.14. The summed E-state index contributed by atoms with van der Waals surface area (Å²) in [5.41, 5.74) is 6.16. The summed E-state index contributed by atoms with van der Waals surface area (Å²) in [5, 5.41) is 2.87. The van der Waals surface area contributed by atoms with E-state index in [1.807, 2.05) is 24.3 Å². The van der Waals surface area contributed by atoms with E-state index in [9.17, 15) is 4.79 Å². The van der Waals surface area contributed by atoms with Crippen molar-refractivity contribution in [3.05, 3.63) is 24.3 Å². The van der Waals surface area contributed by atoms with E-state index >= 15 is 0 Å². The van der Waals surface area contributed by atoms with E-state index in [2.05, 4.69) is 19.2 Å². The molecule has 0 unspecified atom stereocenters. The van der Waals surface area contributed by atoms with Crippen LogP contribution < -0.4 is 15.8 Å². The highest BCUT2D eigenvalue weighted by molar-refractivity contribution is 7.99. The molecule has 0 aliphatic carbocycles. The predicted octanol–water partition coefficient (Wildman–Crippen LogP) is 2.74. The lowest BCUT2D eigenvalue weighted by molar-refractivity contribution is -0.113. The molecule has 0 bridgehead atoms. The quantitative estimate of drug-likeness (QED) is 0.688. The molecule has 0 spiro atoms. The summed E-state index contributed by atoms with van der Waals surface area (Å²) in [6, 6.07) is 7.33. The lowest BCUT2D eigenvalue weighted by atomic mass is 10.2. The van der Waals surface area contributed by atoms with Crippen LogP contribution in [-0.2, 0) is 4.79 Å². The Hall–Kier alpha value is -1.20. The monoisotopic (exact) mass is 296 g/mol.